The molecule has 0 bridgehead atoms. The first-order valence-corrected chi connectivity index (χ1v) is 5.18. The Bertz CT molecular complexity index is 349. The Morgan fingerprint density at radius 3 is 2.73 bits per heavy atom. The van der Waals surface area contributed by atoms with Gasteiger partial charge in [0.25, 0.3) is 0 Å². The van der Waals surface area contributed by atoms with Crippen molar-refractivity contribution in [3.05, 3.63) is 5.70 Å². The summed E-state index contributed by atoms with van der Waals surface area (Å²) in [4.78, 5) is 23.8. The normalized spacial score (nSPS) is 28.5. The lowest BCUT2D eigenvalue weighted by molar-refractivity contribution is 0.0326. The average molecular weight is 209 g/mol. The van der Waals surface area contributed by atoms with Gasteiger partial charge in [0.15, 0.2) is 0 Å². The van der Waals surface area contributed by atoms with Gasteiger partial charge in [0, 0.05) is 12.5 Å². The summed E-state index contributed by atoms with van der Waals surface area (Å²) in [6, 6.07) is 0. The molecule has 4 nitrogen and oxygen atoms in total. The molecule has 2 aliphatic rings. The minimum absolute atomic E-state index is 0.259. The molecule has 0 aromatic heterocycles. The lowest BCUT2D eigenvalue weighted by Gasteiger charge is -2.25. The van der Waals surface area contributed by atoms with Crippen LogP contribution in [-0.4, -0.2) is 29.1 Å². The Labute approximate surface area is 88.9 Å². The largest absolute Gasteiger partial charge is 0.443 e. The molecule has 0 N–H and O–H groups in total. The van der Waals surface area contributed by atoms with Crippen molar-refractivity contribution >= 4 is 12.0 Å². The van der Waals surface area contributed by atoms with Crippen LogP contribution in [0.3, 0.4) is 0 Å². The Morgan fingerprint density at radius 1 is 1.53 bits per heavy atom. The zero-order valence-corrected chi connectivity index (χ0v) is 9.24. The summed E-state index contributed by atoms with van der Waals surface area (Å²) in [5.41, 5.74) is -0.0352. The molecule has 15 heavy (non-hydrogen) atoms. The van der Waals surface area contributed by atoms with Gasteiger partial charge in [-0.25, -0.2) is 9.59 Å². The SMILES string of the molecule is CC(C)(C)OC(=O)N1CC2CC2C1=C=O. The van der Waals surface area contributed by atoms with Crippen molar-refractivity contribution in [3.63, 3.8) is 0 Å². The summed E-state index contributed by atoms with van der Waals surface area (Å²) >= 11 is 0. The molecule has 2 rings (SSSR count). The summed E-state index contributed by atoms with van der Waals surface area (Å²) in [5.74, 6) is 2.59. The molecular weight excluding hydrogens is 194 g/mol. The van der Waals surface area contributed by atoms with E-state index in [1.807, 2.05) is 26.7 Å². The molecule has 0 radical (unpaired) electrons. The van der Waals surface area contributed by atoms with Crippen LogP contribution < -0.4 is 0 Å². The number of allylic oxidation sites excluding steroid dienone is 1. The number of likely N-dealkylation sites (tertiary alicyclic amines) is 1. The Morgan fingerprint density at radius 2 is 2.20 bits per heavy atom. The third kappa shape index (κ3) is 1.90. The molecule has 0 aromatic rings. The van der Waals surface area contributed by atoms with Gasteiger partial charge in [0.05, 0.1) is 0 Å². The second-order valence-electron chi connectivity index (χ2n) is 5.18. The molecular formula is C11H15NO3. The van der Waals surface area contributed by atoms with Crippen LogP contribution in [0, 0.1) is 11.8 Å². The monoisotopic (exact) mass is 209 g/mol. The van der Waals surface area contributed by atoms with Gasteiger partial charge in [0.1, 0.15) is 17.2 Å². The highest BCUT2D eigenvalue weighted by atomic mass is 16.6. The molecule has 0 aromatic carbocycles. The van der Waals surface area contributed by atoms with Gasteiger partial charge < -0.3 is 4.74 Å². The van der Waals surface area contributed by atoms with E-state index in [1.165, 1.54) is 4.90 Å². The van der Waals surface area contributed by atoms with E-state index >= 15 is 0 Å². The van der Waals surface area contributed by atoms with Gasteiger partial charge in [-0.15, -0.1) is 0 Å². The molecule has 1 saturated heterocycles. The van der Waals surface area contributed by atoms with Crippen LogP contribution in [0.1, 0.15) is 27.2 Å². The second-order valence-corrected chi connectivity index (χ2v) is 5.18. The first-order valence-electron chi connectivity index (χ1n) is 5.18. The van der Waals surface area contributed by atoms with E-state index in [2.05, 4.69) is 0 Å². The standard InChI is InChI=1S/C11H15NO3/c1-11(2,3)15-10(14)12-5-7-4-8(7)9(12)6-13/h7-8H,4-5H2,1-3H3. The van der Waals surface area contributed by atoms with Gasteiger partial charge in [-0.1, -0.05) is 0 Å². The fraction of sp³-hybridized carbons (Fsp3) is 0.727. The highest BCUT2D eigenvalue weighted by Crippen LogP contribution is 2.51. The molecule has 2 unspecified atom stereocenters. The molecule has 0 spiro atoms. The first-order chi connectivity index (χ1) is 6.92. The van der Waals surface area contributed by atoms with Crippen molar-refractivity contribution in [1.29, 1.82) is 0 Å². The van der Waals surface area contributed by atoms with E-state index in [-0.39, 0.29) is 5.92 Å². The predicted octanol–water partition coefficient (Wildman–Crippen LogP) is 1.59. The van der Waals surface area contributed by atoms with Crippen LogP contribution in [0.25, 0.3) is 0 Å². The van der Waals surface area contributed by atoms with Gasteiger partial charge in [-0.3, -0.25) is 4.90 Å². The van der Waals surface area contributed by atoms with E-state index in [0.29, 0.717) is 18.2 Å². The topological polar surface area (TPSA) is 46.6 Å². The number of fused-ring (bicyclic) bond motifs is 1. The van der Waals surface area contributed by atoms with E-state index < -0.39 is 11.7 Å². The quantitative estimate of drug-likeness (QED) is 0.569. The van der Waals surface area contributed by atoms with Crippen molar-refractivity contribution in [3.8, 4) is 0 Å². The maximum absolute atomic E-state index is 11.7. The van der Waals surface area contributed by atoms with Crippen molar-refractivity contribution < 1.29 is 14.3 Å². The summed E-state index contributed by atoms with van der Waals surface area (Å²) in [6.07, 6.45) is 0.595. The number of carbonyl (C=O) groups excluding carboxylic acids is 2. The molecule has 2 atom stereocenters. The zero-order chi connectivity index (χ0) is 11.2. The predicted molar refractivity (Wildman–Crippen MR) is 53.7 cm³/mol. The fourth-order valence-electron chi connectivity index (χ4n) is 1.94. The Kier molecular flexibility index (Phi) is 2.12. The number of ether oxygens (including phenoxy) is 1. The number of hydrogen-bond donors (Lipinski definition) is 0. The van der Waals surface area contributed by atoms with E-state index in [1.54, 1.807) is 0 Å². The molecule has 82 valence electrons. The third-order valence-electron chi connectivity index (χ3n) is 2.70. The number of nitrogens with zero attached hydrogens (tertiary/aromatic N) is 1. The molecule has 1 saturated carbocycles. The number of hydrogen-bond acceptors (Lipinski definition) is 3. The van der Waals surface area contributed by atoms with Crippen LogP contribution in [0.2, 0.25) is 0 Å². The smallest absolute Gasteiger partial charge is 0.415 e. The van der Waals surface area contributed by atoms with Crippen LogP contribution >= 0.6 is 0 Å². The van der Waals surface area contributed by atoms with E-state index in [0.717, 1.165) is 6.42 Å². The molecule has 1 aliphatic heterocycles. The third-order valence-corrected chi connectivity index (χ3v) is 2.70. The summed E-state index contributed by atoms with van der Waals surface area (Å²) in [5, 5.41) is 0. The number of piperidine rings is 1. The maximum Gasteiger partial charge on any atom is 0.415 e. The van der Waals surface area contributed by atoms with E-state index in [4.69, 9.17) is 4.74 Å². The molecule has 2 fully saturated rings. The average Bonchev–Trinajstić information content (AvgIpc) is 2.75. The molecule has 1 aliphatic carbocycles. The summed E-state index contributed by atoms with van der Waals surface area (Å²) in [7, 11) is 0. The first kappa shape index (κ1) is 10.2. The highest BCUT2D eigenvalue weighted by Gasteiger charge is 2.52. The van der Waals surface area contributed by atoms with Gasteiger partial charge in [0.2, 0.25) is 0 Å². The molecule has 4 heteroatoms. The van der Waals surface area contributed by atoms with Crippen molar-refractivity contribution in [2.75, 3.05) is 6.54 Å². The summed E-state index contributed by atoms with van der Waals surface area (Å²) in [6.45, 7) is 6.05. The summed E-state index contributed by atoms with van der Waals surface area (Å²) < 4.78 is 5.21. The number of rotatable bonds is 0. The molecule has 1 amide bonds. The Balaban J connectivity index is 2.06. The highest BCUT2D eigenvalue weighted by molar-refractivity contribution is 5.76. The molecule has 1 heterocycles. The van der Waals surface area contributed by atoms with Crippen molar-refractivity contribution in [2.24, 2.45) is 11.8 Å². The van der Waals surface area contributed by atoms with Crippen molar-refractivity contribution in [1.82, 2.24) is 4.90 Å². The fourth-order valence-corrected chi connectivity index (χ4v) is 1.94. The van der Waals surface area contributed by atoms with Gasteiger partial charge in [-0.05, 0) is 33.1 Å². The Hall–Kier alpha value is -1.28. The van der Waals surface area contributed by atoms with Gasteiger partial charge >= 0.3 is 6.09 Å². The lowest BCUT2D eigenvalue weighted by Crippen LogP contribution is -2.35. The lowest BCUT2D eigenvalue weighted by atomic mass is 10.2. The van der Waals surface area contributed by atoms with E-state index in [9.17, 15) is 9.59 Å². The number of amides is 1. The van der Waals surface area contributed by atoms with Crippen LogP contribution in [0.15, 0.2) is 5.70 Å². The minimum atomic E-state index is -0.516. The van der Waals surface area contributed by atoms with Crippen LogP contribution in [0.5, 0.6) is 0 Å². The van der Waals surface area contributed by atoms with Crippen LogP contribution in [0.4, 0.5) is 4.79 Å². The second kappa shape index (κ2) is 3.11. The van der Waals surface area contributed by atoms with Gasteiger partial charge in [-0.2, -0.15) is 0 Å². The maximum atomic E-state index is 11.7. The number of carbonyl (C=O) groups is 1. The minimum Gasteiger partial charge on any atom is -0.443 e. The van der Waals surface area contributed by atoms with Crippen LogP contribution in [-0.2, 0) is 9.53 Å². The van der Waals surface area contributed by atoms with Crippen molar-refractivity contribution in [2.45, 2.75) is 32.8 Å². The zero-order valence-electron chi connectivity index (χ0n) is 9.24.